The molecule has 0 aliphatic carbocycles. The van der Waals surface area contributed by atoms with E-state index in [0.717, 1.165) is 12.1 Å². The van der Waals surface area contributed by atoms with Crippen LogP contribution < -0.4 is 10.2 Å². The Morgan fingerprint density at radius 3 is 2.42 bits per heavy atom. The maximum atomic E-state index is 12.4. The van der Waals surface area contributed by atoms with Crippen molar-refractivity contribution in [1.82, 2.24) is 0 Å². The van der Waals surface area contributed by atoms with E-state index in [2.05, 4.69) is 12.2 Å². The molecule has 1 saturated heterocycles. The zero-order valence-corrected chi connectivity index (χ0v) is 14.3. The minimum atomic E-state index is -0.497. The van der Waals surface area contributed by atoms with Crippen LogP contribution in [0.5, 0.6) is 0 Å². The second kappa shape index (κ2) is 7.35. The molecular formula is C19H19N3O4. The predicted octanol–water partition coefficient (Wildman–Crippen LogP) is 3.15. The summed E-state index contributed by atoms with van der Waals surface area (Å²) in [6.07, 6.45) is 1.07. The Morgan fingerprint density at radius 2 is 1.85 bits per heavy atom. The largest absolute Gasteiger partial charge is 0.326 e. The number of non-ortho nitro benzene ring substituents is 1. The number of nitrogens with one attached hydrogen (secondary N) is 1. The highest BCUT2D eigenvalue weighted by atomic mass is 16.6. The summed E-state index contributed by atoms with van der Waals surface area (Å²) in [6.45, 7) is 2.39. The van der Waals surface area contributed by atoms with Crippen LogP contribution in [0.1, 0.15) is 18.9 Å². The van der Waals surface area contributed by atoms with Crippen LogP contribution in [-0.2, 0) is 16.0 Å². The van der Waals surface area contributed by atoms with E-state index < -0.39 is 10.8 Å². The third-order valence-electron chi connectivity index (χ3n) is 4.50. The van der Waals surface area contributed by atoms with Gasteiger partial charge in [-0.2, -0.15) is 0 Å². The van der Waals surface area contributed by atoms with Gasteiger partial charge in [-0.3, -0.25) is 19.7 Å². The third kappa shape index (κ3) is 3.72. The van der Waals surface area contributed by atoms with Crippen molar-refractivity contribution in [3.8, 4) is 0 Å². The molecule has 0 spiro atoms. The second-order valence-corrected chi connectivity index (χ2v) is 6.22. The summed E-state index contributed by atoms with van der Waals surface area (Å²) in [5.41, 5.74) is 2.41. The number of anilines is 2. The van der Waals surface area contributed by atoms with Gasteiger partial charge in [0.2, 0.25) is 11.8 Å². The molecule has 1 N–H and O–H groups in total. The molecule has 1 aliphatic heterocycles. The van der Waals surface area contributed by atoms with E-state index in [9.17, 15) is 19.7 Å². The van der Waals surface area contributed by atoms with Crippen molar-refractivity contribution in [2.24, 2.45) is 5.92 Å². The van der Waals surface area contributed by atoms with Gasteiger partial charge in [0.15, 0.2) is 0 Å². The van der Waals surface area contributed by atoms with E-state index >= 15 is 0 Å². The molecule has 0 saturated carbocycles. The van der Waals surface area contributed by atoms with E-state index in [-0.39, 0.29) is 23.9 Å². The van der Waals surface area contributed by atoms with Crippen LogP contribution in [-0.4, -0.2) is 23.3 Å². The minimum absolute atomic E-state index is 0.0410. The molecule has 26 heavy (non-hydrogen) atoms. The van der Waals surface area contributed by atoms with Gasteiger partial charge in [0.25, 0.3) is 5.69 Å². The average molecular weight is 353 g/mol. The number of amides is 2. The highest BCUT2D eigenvalue weighted by Crippen LogP contribution is 2.26. The van der Waals surface area contributed by atoms with Crippen LogP contribution in [0, 0.1) is 16.0 Å². The standard InChI is InChI=1S/C19H19N3O4/c1-2-13-3-7-16(8-4-13)21-12-14(11-18(21)23)19(24)20-15-5-9-17(10-6-15)22(25)26/h3-10,14H,2,11-12H2,1H3,(H,20,24). The lowest BCUT2D eigenvalue weighted by Crippen LogP contribution is -2.28. The fourth-order valence-corrected chi connectivity index (χ4v) is 2.96. The van der Waals surface area contributed by atoms with Gasteiger partial charge in [0, 0.05) is 36.5 Å². The number of carbonyl (C=O) groups excluding carboxylic acids is 2. The molecule has 7 nitrogen and oxygen atoms in total. The molecule has 2 aromatic rings. The lowest BCUT2D eigenvalue weighted by atomic mass is 10.1. The number of rotatable bonds is 5. The van der Waals surface area contributed by atoms with Gasteiger partial charge in [-0.25, -0.2) is 0 Å². The molecule has 1 aliphatic rings. The molecule has 1 fully saturated rings. The monoisotopic (exact) mass is 353 g/mol. The molecule has 2 amide bonds. The number of hydrogen-bond acceptors (Lipinski definition) is 4. The minimum Gasteiger partial charge on any atom is -0.326 e. The number of carbonyl (C=O) groups is 2. The van der Waals surface area contributed by atoms with Gasteiger partial charge in [0.05, 0.1) is 10.8 Å². The highest BCUT2D eigenvalue weighted by molar-refractivity contribution is 6.03. The lowest BCUT2D eigenvalue weighted by molar-refractivity contribution is -0.384. The maximum Gasteiger partial charge on any atom is 0.269 e. The maximum absolute atomic E-state index is 12.4. The Morgan fingerprint density at radius 1 is 1.19 bits per heavy atom. The predicted molar refractivity (Wildman–Crippen MR) is 98.0 cm³/mol. The van der Waals surface area contributed by atoms with Gasteiger partial charge in [-0.1, -0.05) is 19.1 Å². The Hall–Kier alpha value is -3.22. The van der Waals surface area contributed by atoms with Crippen LogP contribution in [0.4, 0.5) is 17.1 Å². The number of benzene rings is 2. The van der Waals surface area contributed by atoms with Crippen molar-refractivity contribution in [2.45, 2.75) is 19.8 Å². The molecule has 1 heterocycles. The van der Waals surface area contributed by atoms with Crippen molar-refractivity contribution in [2.75, 3.05) is 16.8 Å². The van der Waals surface area contributed by atoms with Crippen LogP contribution in [0.15, 0.2) is 48.5 Å². The summed E-state index contributed by atoms with van der Waals surface area (Å²) in [6, 6.07) is 13.4. The van der Waals surface area contributed by atoms with Crippen molar-refractivity contribution in [3.63, 3.8) is 0 Å². The Labute approximate surface area is 150 Å². The van der Waals surface area contributed by atoms with Gasteiger partial charge in [-0.15, -0.1) is 0 Å². The lowest BCUT2D eigenvalue weighted by Gasteiger charge is -2.17. The smallest absolute Gasteiger partial charge is 0.269 e. The van der Waals surface area contributed by atoms with E-state index in [1.807, 2.05) is 24.3 Å². The van der Waals surface area contributed by atoms with Gasteiger partial charge < -0.3 is 10.2 Å². The zero-order valence-electron chi connectivity index (χ0n) is 14.3. The van der Waals surface area contributed by atoms with E-state index in [1.54, 1.807) is 4.90 Å². The first-order valence-corrected chi connectivity index (χ1v) is 8.42. The summed E-state index contributed by atoms with van der Waals surface area (Å²) in [4.78, 5) is 36.5. The van der Waals surface area contributed by atoms with Crippen molar-refractivity contribution >= 4 is 28.9 Å². The molecule has 1 atom stereocenters. The second-order valence-electron chi connectivity index (χ2n) is 6.22. The zero-order chi connectivity index (χ0) is 18.7. The molecule has 1 unspecified atom stereocenters. The Kier molecular flexibility index (Phi) is 4.97. The number of nitro groups is 1. The number of nitrogens with zero attached hydrogens (tertiary/aromatic N) is 2. The molecule has 134 valence electrons. The van der Waals surface area contributed by atoms with Crippen molar-refractivity contribution in [1.29, 1.82) is 0 Å². The molecule has 3 rings (SSSR count). The molecular weight excluding hydrogens is 334 g/mol. The summed E-state index contributed by atoms with van der Waals surface area (Å²) >= 11 is 0. The Balaban J connectivity index is 1.65. The normalized spacial score (nSPS) is 16.6. The molecule has 0 aromatic heterocycles. The quantitative estimate of drug-likeness (QED) is 0.660. The first kappa shape index (κ1) is 17.6. The number of aryl methyl sites for hydroxylation is 1. The van der Waals surface area contributed by atoms with Gasteiger partial charge >= 0.3 is 0 Å². The number of hydrogen-bond donors (Lipinski definition) is 1. The molecule has 0 bridgehead atoms. The van der Waals surface area contributed by atoms with Crippen LogP contribution in [0.25, 0.3) is 0 Å². The average Bonchev–Trinajstić information content (AvgIpc) is 3.04. The van der Waals surface area contributed by atoms with E-state index in [1.165, 1.54) is 29.8 Å². The van der Waals surface area contributed by atoms with E-state index in [0.29, 0.717) is 12.2 Å². The number of nitro benzene ring substituents is 1. The summed E-state index contributed by atoms with van der Waals surface area (Å²) < 4.78 is 0. The van der Waals surface area contributed by atoms with Crippen LogP contribution >= 0.6 is 0 Å². The molecule has 2 aromatic carbocycles. The highest BCUT2D eigenvalue weighted by Gasteiger charge is 2.35. The van der Waals surface area contributed by atoms with Crippen LogP contribution in [0.2, 0.25) is 0 Å². The van der Waals surface area contributed by atoms with Crippen LogP contribution in [0.3, 0.4) is 0 Å². The third-order valence-corrected chi connectivity index (χ3v) is 4.50. The van der Waals surface area contributed by atoms with Gasteiger partial charge in [-0.05, 0) is 36.2 Å². The molecule has 7 heteroatoms. The topological polar surface area (TPSA) is 92.6 Å². The summed E-state index contributed by atoms with van der Waals surface area (Å²) in [5, 5.41) is 13.4. The fourth-order valence-electron chi connectivity index (χ4n) is 2.96. The van der Waals surface area contributed by atoms with Crippen molar-refractivity contribution in [3.05, 3.63) is 64.2 Å². The fraction of sp³-hybridized carbons (Fsp3) is 0.263. The van der Waals surface area contributed by atoms with E-state index in [4.69, 9.17) is 0 Å². The summed E-state index contributed by atoms with van der Waals surface area (Å²) in [5.74, 6) is -0.804. The first-order chi connectivity index (χ1) is 12.5. The van der Waals surface area contributed by atoms with Gasteiger partial charge in [0.1, 0.15) is 0 Å². The summed E-state index contributed by atoms with van der Waals surface area (Å²) in [7, 11) is 0. The SMILES string of the molecule is CCc1ccc(N2CC(C(=O)Nc3ccc([N+](=O)[O-])cc3)CC2=O)cc1. The Bertz CT molecular complexity index is 831. The first-order valence-electron chi connectivity index (χ1n) is 8.42. The molecule has 0 radical (unpaired) electrons. The van der Waals surface area contributed by atoms with Crippen molar-refractivity contribution < 1.29 is 14.5 Å².